The van der Waals surface area contributed by atoms with Gasteiger partial charge in [0.25, 0.3) is 0 Å². The zero-order valence-electron chi connectivity index (χ0n) is 8.66. The molecule has 3 nitrogen and oxygen atoms in total. The van der Waals surface area contributed by atoms with Crippen LogP contribution in [-0.2, 0) is 9.84 Å². The highest BCUT2D eigenvalue weighted by Gasteiger charge is 2.31. The summed E-state index contributed by atoms with van der Waals surface area (Å²) in [6.45, 7) is 4.13. The van der Waals surface area contributed by atoms with Crippen molar-refractivity contribution in [2.24, 2.45) is 11.8 Å². The van der Waals surface area contributed by atoms with E-state index in [4.69, 9.17) is 0 Å². The maximum atomic E-state index is 11.1. The SMILES string of the molecule is CCC1CN(C)CC1CS(C)(=O)=O. The van der Waals surface area contributed by atoms with E-state index in [9.17, 15) is 8.42 Å². The van der Waals surface area contributed by atoms with Gasteiger partial charge in [-0.1, -0.05) is 13.3 Å². The molecular formula is C9H19NO2S. The molecule has 0 N–H and O–H groups in total. The summed E-state index contributed by atoms with van der Waals surface area (Å²) in [5.41, 5.74) is 0. The topological polar surface area (TPSA) is 37.4 Å². The van der Waals surface area contributed by atoms with E-state index in [1.165, 1.54) is 6.26 Å². The molecule has 0 radical (unpaired) electrons. The van der Waals surface area contributed by atoms with Crippen molar-refractivity contribution in [3.63, 3.8) is 0 Å². The second-order valence-corrected chi connectivity index (χ2v) is 6.43. The van der Waals surface area contributed by atoms with Gasteiger partial charge in [0.05, 0.1) is 5.75 Å². The average Bonchev–Trinajstić information content (AvgIpc) is 2.27. The van der Waals surface area contributed by atoms with Gasteiger partial charge in [-0.05, 0) is 18.9 Å². The molecule has 13 heavy (non-hydrogen) atoms. The number of likely N-dealkylation sites (tertiary alicyclic amines) is 1. The van der Waals surface area contributed by atoms with Gasteiger partial charge in [0.2, 0.25) is 0 Å². The molecule has 0 aliphatic carbocycles. The van der Waals surface area contributed by atoms with Gasteiger partial charge in [0, 0.05) is 19.3 Å². The summed E-state index contributed by atoms with van der Waals surface area (Å²) in [7, 11) is -0.740. The van der Waals surface area contributed by atoms with Crippen molar-refractivity contribution in [2.45, 2.75) is 13.3 Å². The Labute approximate surface area is 81.0 Å². The lowest BCUT2D eigenvalue weighted by atomic mass is 9.96. The molecule has 0 aromatic heterocycles. The Balaban J connectivity index is 2.59. The predicted molar refractivity (Wildman–Crippen MR) is 54.5 cm³/mol. The lowest BCUT2D eigenvalue weighted by Crippen LogP contribution is -2.22. The third kappa shape index (κ3) is 3.27. The number of sulfone groups is 1. The van der Waals surface area contributed by atoms with Crippen LogP contribution in [0.3, 0.4) is 0 Å². The van der Waals surface area contributed by atoms with Crippen LogP contribution >= 0.6 is 0 Å². The second kappa shape index (κ2) is 3.96. The first-order chi connectivity index (χ1) is 5.92. The van der Waals surface area contributed by atoms with Crippen LogP contribution in [0.2, 0.25) is 0 Å². The summed E-state index contributed by atoms with van der Waals surface area (Å²) in [4.78, 5) is 2.23. The smallest absolute Gasteiger partial charge is 0.147 e. The minimum atomic E-state index is -2.80. The van der Waals surface area contributed by atoms with Crippen LogP contribution in [0.15, 0.2) is 0 Å². The first kappa shape index (κ1) is 11.0. The van der Waals surface area contributed by atoms with Crippen molar-refractivity contribution < 1.29 is 8.42 Å². The molecule has 1 saturated heterocycles. The van der Waals surface area contributed by atoms with Crippen molar-refractivity contribution in [1.29, 1.82) is 0 Å². The fourth-order valence-corrected chi connectivity index (χ4v) is 3.37. The molecule has 0 aromatic carbocycles. The molecule has 1 aliphatic heterocycles. The van der Waals surface area contributed by atoms with Gasteiger partial charge in [-0.2, -0.15) is 0 Å². The molecule has 4 heteroatoms. The molecule has 1 aliphatic rings. The number of hydrogen-bond donors (Lipinski definition) is 0. The highest BCUT2D eigenvalue weighted by molar-refractivity contribution is 7.90. The molecule has 1 fully saturated rings. The van der Waals surface area contributed by atoms with Crippen LogP contribution < -0.4 is 0 Å². The Morgan fingerprint density at radius 3 is 2.31 bits per heavy atom. The first-order valence-corrected chi connectivity index (χ1v) is 6.84. The summed E-state index contributed by atoms with van der Waals surface area (Å²) >= 11 is 0. The van der Waals surface area contributed by atoms with E-state index in [1.54, 1.807) is 0 Å². The molecule has 2 atom stereocenters. The zero-order chi connectivity index (χ0) is 10.1. The molecule has 1 heterocycles. The van der Waals surface area contributed by atoms with Crippen LogP contribution in [0, 0.1) is 11.8 Å². The largest absolute Gasteiger partial charge is 0.306 e. The van der Waals surface area contributed by atoms with E-state index in [0.29, 0.717) is 17.6 Å². The average molecular weight is 205 g/mol. The minimum absolute atomic E-state index is 0.352. The van der Waals surface area contributed by atoms with Gasteiger partial charge in [0.15, 0.2) is 0 Å². The number of rotatable bonds is 3. The Bertz CT molecular complexity index is 261. The number of hydrogen-bond acceptors (Lipinski definition) is 3. The Morgan fingerprint density at radius 1 is 1.31 bits per heavy atom. The Hall–Kier alpha value is -0.0900. The molecular weight excluding hydrogens is 186 g/mol. The normalized spacial score (nSPS) is 31.0. The fourth-order valence-electron chi connectivity index (χ4n) is 2.21. The predicted octanol–water partition coefficient (Wildman–Crippen LogP) is 0.619. The summed E-state index contributed by atoms with van der Waals surface area (Å²) in [5.74, 6) is 1.28. The summed E-state index contributed by atoms with van der Waals surface area (Å²) in [5, 5.41) is 0. The van der Waals surface area contributed by atoms with Gasteiger partial charge < -0.3 is 4.90 Å². The zero-order valence-corrected chi connectivity index (χ0v) is 9.47. The van der Waals surface area contributed by atoms with Gasteiger partial charge in [0.1, 0.15) is 9.84 Å². The quantitative estimate of drug-likeness (QED) is 0.678. The Kier molecular flexibility index (Phi) is 3.35. The maximum absolute atomic E-state index is 11.1. The van der Waals surface area contributed by atoms with Gasteiger partial charge in [-0.15, -0.1) is 0 Å². The molecule has 0 amide bonds. The molecule has 0 aromatic rings. The standard InChI is InChI=1S/C9H19NO2S/c1-4-8-5-10(2)6-9(8)7-13(3,11)12/h8-9H,4-7H2,1-3H3. The van der Waals surface area contributed by atoms with Gasteiger partial charge in [-0.25, -0.2) is 8.42 Å². The van der Waals surface area contributed by atoms with Crippen molar-refractivity contribution in [3.8, 4) is 0 Å². The molecule has 2 unspecified atom stereocenters. The van der Waals surface area contributed by atoms with Crippen LogP contribution in [0.25, 0.3) is 0 Å². The molecule has 0 bridgehead atoms. The summed E-state index contributed by atoms with van der Waals surface area (Å²) in [6, 6.07) is 0. The molecule has 78 valence electrons. The van der Waals surface area contributed by atoms with E-state index in [0.717, 1.165) is 19.5 Å². The second-order valence-electron chi connectivity index (χ2n) is 4.24. The lowest BCUT2D eigenvalue weighted by Gasteiger charge is -2.14. The van der Waals surface area contributed by atoms with Crippen molar-refractivity contribution in [2.75, 3.05) is 32.1 Å². The molecule has 0 saturated carbocycles. The fraction of sp³-hybridized carbons (Fsp3) is 1.00. The van der Waals surface area contributed by atoms with E-state index >= 15 is 0 Å². The van der Waals surface area contributed by atoms with Crippen LogP contribution in [-0.4, -0.2) is 45.5 Å². The third-order valence-corrected chi connectivity index (χ3v) is 3.83. The van der Waals surface area contributed by atoms with E-state index in [-0.39, 0.29) is 0 Å². The first-order valence-electron chi connectivity index (χ1n) is 4.78. The highest BCUT2D eigenvalue weighted by Crippen LogP contribution is 2.25. The van der Waals surface area contributed by atoms with Crippen LogP contribution in [0.5, 0.6) is 0 Å². The highest BCUT2D eigenvalue weighted by atomic mass is 32.2. The third-order valence-electron chi connectivity index (χ3n) is 2.80. The van der Waals surface area contributed by atoms with E-state index in [2.05, 4.69) is 18.9 Å². The van der Waals surface area contributed by atoms with Gasteiger partial charge in [-0.3, -0.25) is 0 Å². The Morgan fingerprint density at radius 2 is 1.85 bits per heavy atom. The lowest BCUT2D eigenvalue weighted by molar-refractivity contribution is 0.392. The van der Waals surface area contributed by atoms with E-state index < -0.39 is 9.84 Å². The maximum Gasteiger partial charge on any atom is 0.147 e. The van der Waals surface area contributed by atoms with Crippen molar-refractivity contribution in [1.82, 2.24) is 4.90 Å². The van der Waals surface area contributed by atoms with E-state index in [1.807, 2.05) is 0 Å². The van der Waals surface area contributed by atoms with Crippen LogP contribution in [0.4, 0.5) is 0 Å². The number of nitrogens with zero attached hydrogens (tertiary/aromatic N) is 1. The monoisotopic (exact) mass is 205 g/mol. The summed E-state index contributed by atoms with van der Waals surface area (Å²) < 4.78 is 22.3. The van der Waals surface area contributed by atoms with Crippen molar-refractivity contribution in [3.05, 3.63) is 0 Å². The van der Waals surface area contributed by atoms with Crippen molar-refractivity contribution >= 4 is 9.84 Å². The van der Waals surface area contributed by atoms with Gasteiger partial charge >= 0.3 is 0 Å². The molecule has 0 spiro atoms. The molecule has 1 rings (SSSR count). The minimum Gasteiger partial charge on any atom is -0.306 e. The summed E-state index contributed by atoms with van der Waals surface area (Å²) in [6.07, 6.45) is 2.42. The van der Waals surface area contributed by atoms with Crippen LogP contribution in [0.1, 0.15) is 13.3 Å².